The van der Waals surface area contributed by atoms with Crippen LogP contribution in [0.15, 0.2) is 89.9 Å². The van der Waals surface area contributed by atoms with E-state index in [1.165, 1.54) is 11.8 Å². The number of esters is 3. The molecule has 8 nitrogen and oxygen atoms in total. The summed E-state index contributed by atoms with van der Waals surface area (Å²) in [6, 6.07) is 17.7. The number of hydrogen-bond donors (Lipinski definition) is 0. The Morgan fingerprint density at radius 3 is 1.50 bits per heavy atom. The summed E-state index contributed by atoms with van der Waals surface area (Å²) in [5.74, 6) is -1.32. The Balaban J connectivity index is 1.80. The van der Waals surface area contributed by atoms with Gasteiger partial charge in [0.15, 0.2) is 5.79 Å². The zero-order chi connectivity index (χ0) is 32.2. The van der Waals surface area contributed by atoms with E-state index in [2.05, 4.69) is 13.2 Å². The van der Waals surface area contributed by atoms with Crippen molar-refractivity contribution >= 4 is 29.7 Å². The molecule has 1 saturated heterocycles. The molecule has 3 aromatic rings. The Kier molecular flexibility index (Phi) is 9.83. The van der Waals surface area contributed by atoms with Crippen LogP contribution in [0, 0.1) is 5.41 Å². The average Bonchev–Trinajstić information content (AvgIpc) is 2.99. The van der Waals surface area contributed by atoms with Crippen LogP contribution in [0.4, 0.5) is 0 Å². The van der Waals surface area contributed by atoms with Gasteiger partial charge in [-0.1, -0.05) is 37.4 Å². The molecule has 3 aromatic carbocycles. The second kappa shape index (κ2) is 13.2. The molecular formula is C35H36O8S. The molecule has 9 heteroatoms. The summed E-state index contributed by atoms with van der Waals surface area (Å²) in [5.41, 5.74) is 2.28. The van der Waals surface area contributed by atoms with Crippen LogP contribution in [0.25, 0.3) is 22.3 Å². The topological polar surface area (TPSA) is 97.4 Å². The van der Waals surface area contributed by atoms with Crippen LogP contribution in [-0.4, -0.2) is 43.2 Å². The maximum atomic E-state index is 13.8. The fourth-order valence-electron chi connectivity index (χ4n) is 4.14. The van der Waals surface area contributed by atoms with Gasteiger partial charge in [0.1, 0.15) is 22.7 Å². The zero-order valence-electron chi connectivity index (χ0n) is 25.8. The summed E-state index contributed by atoms with van der Waals surface area (Å²) in [6.07, 6.45) is 1.95. The van der Waals surface area contributed by atoms with Crippen molar-refractivity contribution in [2.45, 2.75) is 45.3 Å². The lowest BCUT2D eigenvalue weighted by molar-refractivity contribution is -0.279. The summed E-state index contributed by atoms with van der Waals surface area (Å²) in [7, 11) is 0. The summed E-state index contributed by atoms with van der Waals surface area (Å²) in [6.45, 7) is 16.0. The Labute approximate surface area is 262 Å². The molecular weight excluding hydrogens is 580 g/mol. The Hall–Kier alpha value is -4.18. The first-order chi connectivity index (χ1) is 20.7. The second-order valence-corrected chi connectivity index (χ2v) is 12.2. The van der Waals surface area contributed by atoms with Gasteiger partial charge in [0.2, 0.25) is 0 Å². The SMILES string of the molecule is C=C(C)C(=O)Oc1ccc(-c2cc(SC)cc(-c3ccc(OC(=O)C(=C)C)cc3)c2OC(=O)C2(C)COC(C)(C)OC2)cc1. The molecule has 0 unspecified atom stereocenters. The van der Waals surface area contributed by atoms with Gasteiger partial charge in [0, 0.05) is 27.2 Å². The molecule has 1 fully saturated rings. The third-order valence-corrected chi connectivity index (χ3v) is 7.62. The van der Waals surface area contributed by atoms with Gasteiger partial charge >= 0.3 is 17.9 Å². The van der Waals surface area contributed by atoms with Crippen LogP contribution < -0.4 is 14.2 Å². The van der Waals surface area contributed by atoms with E-state index >= 15 is 0 Å². The lowest BCUT2D eigenvalue weighted by atomic mass is 9.91. The van der Waals surface area contributed by atoms with E-state index in [9.17, 15) is 14.4 Å². The number of ether oxygens (including phenoxy) is 5. The minimum Gasteiger partial charge on any atom is -0.425 e. The molecule has 0 aliphatic carbocycles. The fraction of sp³-hybridized carbons (Fsp3) is 0.286. The molecule has 0 bridgehead atoms. The number of hydrogen-bond acceptors (Lipinski definition) is 9. The third kappa shape index (κ3) is 7.66. The molecule has 44 heavy (non-hydrogen) atoms. The number of thioether (sulfide) groups is 1. The van der Waals surface area contributed by atoms with Crippen molar-refractivity contribution < 1.29 is 38.1 Å². The van der Waals surface area contributed by atoms with Gasteiger partial charge in [-0.2, -0.15) is 0 Å². The number of carbonyl (C=O) groups excluding carboxylic acids is 3. The number of carbonyl (C=O) groups is 3. The molecule has 0 spiro atoms. The van der Waals surface area contributed by atoms with Crippen LogP contribution in [0.1, 0.15) is 34.6 Å². The van der Waals surface area contributed by atoms with Gasteiger partial charge < -0.3 is 23.7 Å². The molecule has 230 valence electrons. The van der Waals surface area contributed by atoms with Gasteiger partial charge in [-0.3, -0.25) is 4.79 Å². The van der Waals surface area contributed by atoms with Crippen molar-refractivity contribution in [3.8, 4) is 39.5 Å². The Morgan fingerprint density at radius 2 is 1.14 bits per heavy atom. The largest absolute Gasteiger partial charge is 0.425 e. The molecule has 0 saturated carbocycles. The van der Waals surface area contributed by atoms with Crippen molar-refractivity contribution in [3.63, 3.8) is 0 Å². The van der Waals surface area contributed by atoms with Crippen LogP contribution in [-0.2, 0) is 23.9 Å². The van der Waals surface area contributed by atoms with Gasteiger partial charge in [-0.05, 0) is 88.4 Å². The van der Waals surface area contributed by atoms with E-state index in [1.54, 1.807) is 83.1 Å². The Bertz CT molecular complexity index is 1500. The first kappa shape index (κ1) is 32.7. The van der Waals surface area contributed by atoms with Gasteiger partial charge in [-0.15, -0.1) is 11.8 Å². The van der Waals surface area contributed by atoms with E-state index < -0.39 is 29.1 Å². The molecule has 0 N–H and O–H groups in total. The minimum atomic E-state index is -1.05. The maximum absolute atomic E-state index is 13.8. The fourth-order valence-corrected chi connectivity index (χ4v) is 4.61. The zero-order valence-corrected chi connectivity index (χ0v) is 26.6. The smallest absolute Gasteiger partial charge is 0.338 e. The van der Waals surface area contributed by atoms with Crippen molar-refractivity contribution in [2.75, 3.05) is 19.5 Å². The monoisotopic (exact) mass is 616 g/mol. The number of rotatable bonds is 9. The predicted molar refractivity (Wildman–Crippen MR) is 170 cm³/mol. The van der Waals surface area contributed by atoms with E-state index in [-0.39, 0.29) is 24.4 Å². The van der Waals surface area contributed by atoms with E-state index in [0.29, 0.717) is 28.4 Å². The lowest BCUT2D eigenvalue weighted by Gasteiger charge is -2.39. The van der Waals surface area contributed by atoms with Gasteiger partial charge in [0.25, 0.3) is 0 Å². The highest BCUT2D eigenvalue weighted by Crippen LogP contribution is 2.44. The molecule has 1 aliphatic rings. The van der Waals surface area contributed by atoms with Crippen molar-refractivity contribution in [3.05, 3.63) is 85.0 Å². The van der Waals surface area contributed by atoms with Crippen molar-refractivity contribution in [2.24, 2.45) is 5.41 Å². The highest BCUT2D eigenvalue weighted by Gasteiger charge is 2.44. The second-order valence-electron chi connectivity index (χ2n) is 11.4. The standard InChI is InChI=1S/C35H36O8S/c1-21(2)31(36)41-25-13-9-23(10-14-25)28-17-27(44-8)18-29(24-11-15-26(16-12-24)42-32(37)22(3)4)30(28)43-33(38)35(7)19-39-34(5,6)40-20-35/h9-18H,1,3,19-20H2,2,4-8H3. The normalized spacial score (nSPS) is 15.1. The first-order valence-corrected chi connectivity index (χ1v) is 15.1. The summed E-state index contributed by atoms with van der Waals surface area (Å²) >= 11 is 1.53. The number of benzene rings is 3. The summed E-state index contributed by atoms with van der Waals surface area (Å²) < 4.78 is 28.6. The summed E-state index contributed by atoms with van der Waals surface area (Å²) in [5, 5.41) is 0. The average molecular weight is 617 g/mol. The van der Waals surface area contributed by atoms with E-state index in [1.807, 2.05) is 18.4 Å². The Morgan fingerprint density at radius 1 is 0.727 bits per heavy atom. The third-order valence-electron chi connectivity index (χ3n) is 6.91. The van der Waals surface area contributed by atoms with E-state index in [4.69, 9.17) is 23.7 Å². The first-order valence-electron chi connectivity index (χ1n) is 13.9. The predicted octanol–water partition coefficient (Wildman–Crippen LogP) is 7.40. The van der Waals surface area contributed by atoms with E-state index in [0.717, 1.165) is 16.0 Å². The van der Waals surface area contributed by atoms with Crippen LogP contribution in [0.5, 0.6) is 17.2 Å². The minimum absolute atomic E-state index is 0.123. The van der Waals surface area contributed by atoms with Gasteiger partial charge in [-0.25, -0.2) is 9.59 Å². The van der Waals surface area contributed by atoms with Crippen molar-refractivity contribution in [1.82, 2.24) is 0 Å². The molecule has 1 aliphatic heterocycles. The summed E-state index contributed by atoms with van der Waals surface area (Å²) in [4.78, 5) is 38.8. The molecule has 1 heterocycles. The molecule has 4 rings (SSSR count). The van der Waals surface area contributed by atoms with Crippen LogP contribution >= 0.6 is 11.8 Å². The van der Waals surface area contributed by atoms with Crippen molar-refractivity contribution in [1.29, 1.82) is 0 Å². The lowest BCUT2D eigenvalue weighted by Crippen LogP contribution is -2.50. The molecule has 0 aromatic heterocycles. The van der Waals surface area contributed by atoms with Crippen LogP contribution in [0.3, 0.4) is 0 Å². The maximum Gasteiger partial charge on any atom is 0.338 e. The molecule has 0 amide bonds. The highest BCUT2D eigenvalue weighted by atomic mass is 32.2. The van der Waals surface area contributed by atoms with Gasteiger partial charge in [0.05, 0.1) is 13.2 Å². The van der Waals surface area contributed by atoms with Crippen LogP contribution in [0.2, 0.25) is 0 Å². The highest BCUT2D eigenvalue weighted by molar-refractivity contribution is 7.98. The molecule has 0 radical (unpaired) electrons. The quantitative estimate of drug-likeness (QED) is 0.105. The molecule has 0 atom stereocenters.